The summed E-state index contributed by atoms with van der Waals surface area (Å²) in [6, 6.07) is 7.31. The highest BCUT2D eigenvalue weighted by Crippen LogP contribution is 2.24. The van der Waals surface area contributed by atoms with E-state index in [9.17, 15) is 4.79 Å². The van der Waals surface area contributed by atoms with Crippen LogP contribution in [0.25, 0.3) is 0 Å². The second-order valence-corrected chi connectivity index (χ2v) is 5.87. The van der Waals surface area contributed by atoms with Crippen LogP contribution in [0.1, 0.15) is 35.3 Å². The number of carbonyl (C=O) groups is 1. The number of para-hydroxylation sites is 2. The molecule has 2 aromatic rings. The molecule has 1 aromatic heterocycles. The topological polar surface area (TPSA) is 67.3 Å². The minimum absolute atomic E-state index is 0.234. The van der Waals surface area contributed by atoms with Crippen LogP contribution >= 0.6 is 0 Å². The lowest BCUT2D eigenvalue weighted by Crippen LogP contribution is -2.31. The van der Waals surface area contributed by atoms with Crippen molar-refractivity contribution in [1.82, 2.24) is 9.97 Å². The van der Waals surface area contributed by atoms with Gasteiger partial charge in [-0.05, 0) is 38.3 Å². The number of aromatic nitrogens is 2. The summed E-state index contributed by atoms with van der Waals surface area (Å²) >= 11 is 0. The predicted octanol–water partition coefficient (Wildman–Crippen LogP) is 3.04. The van der Waals surface area contributed by atoms with E-state index in [0.717, 1.165) is 13.1 Å². The molecule has 0 radical (unpaired) electrons. The maximum atomic E-state index is 12.5. The molecule has 24 heavy (non-hydrogen) atoms. The summed E-state index contributed by atoms with van der Waals surface area (Å²) in [4.78, 5) is 23.6. The monoisotopic (exact) mass is 326 g/mol. The number of hydrogen-bond donors (Lipinski definition) is 1. The van der Waals surface area contributed by atoms with Crippen LogP contribution < -0.4 is 15.0 Å². The van der Waals surface area contributed by atoms with Gasteiger partial charge in [0.05, 0.1) is 24.1 Å². The van der Waals surface area contributed by atoms with Gasteiger partial charge in [-0.2, -0.15) is 0 Å². The first-order valence-corrected chi connectivity index (χ1v) is 8.22. The Balaban J connectivity index is 1.77. The fourth-order valence-electron chi connectivity index (χ4n) is 2.86. The van der Waals surface area contributed by atoms with Crippen LogP contribution in [-0.4, -0.2) is 36.1 Å². The number of aryl methyl sites for hydroxylation is 1. The van der Waals surface area contributed by atoms with Gasteiger partial charge in [-0.1, -0.05) is 12.1 Å². The number of amides is 1. The zero-order chi connectivity index (χ0) is 16.9. The standard InChI is InChI=1S/C18H22N4O2/c1-13-14(12-19-18(20-13)22-10-6-3-7-11-22)17(23)21-15-8-4-5-9-16(15)24-2/h4-5,8-9,12H,3,6-7,10-11H2,1-2H3,(H,21,23). The van der Waals surface area contributed by atoms with Crippen LogP contribution in [0.4, 0.5) is 11.6 Å². The Labute approximate surface area is 141 Å². The molecule has 0 spiro atoms. The molecule has 6 heteroatoms. The quantitative estimate of drug-likeness (QED) is 0.935. The Morgan fingerprint density at radius 1 is 1.21 bits per heavy atom. The van der Waals surface area contributed by atoms with Gasteiger partial charge in [-0.3, -0.25) is 4.79 Å². The third kappa shape index (κ3) is 3.48. The maximum Gasteiger partial charge on any atom is 0.259 e. The second kappa shape index (κ2) is 7.29. The van der Waals surface area contributed by atoms with E-state index in [1.54, 1.807) is 25.4 Å². The highest BCUT2D eigenvalue weighted by molar-refractivity contribution is 6.05. The van der Waals surface area contributed by atoms with Gasteiger partial charge in [-0.25, -0.2) is 9.97 Å². The number of ether oxygens (including phenoxy) is 1. The Hall–Kier alpha value is -2.63. The smallest absolute Gasteiger partial charge is 0.259 e. The van der Waals surface area contributed by atoms with Crippen molar-refractivity contribution in [2.75, 3.05) is 30.4 Å². The molecule has 1 fully saturated rings. The molecule has 3 rings (SSSR count). The van der Waals surface area contributed by atoms with Gasteiger partial charge in [0.25, 0.3) is 5.91 Å². The number of methoxy groups -OCH3 is 1. The molecular formula is C18H22N4O2. The fraction of sp³-hybridized carbons (Fsp3) is 0.389. The first kappa shape index (κ1) is 16.2. The van der Waals surface area contributed by atoms with E-state index in [4.69, 9.17) is 4.74 Å². The second-order valence-electron chi connectivity index (χ2n) is 5.87. The molecule has 0 saturated carbocycles. The molecule has 0 bridgehead atoms. The number of anilines is 2. The van der Waals surface area contributed by atoms with Crippen molar-refractivity contribution in [1.29, 1.82) is 0 Å². The number of benzene rings is 1. The molecular weight excluding hydrogens is 304 g/mol. The average molecular weight is 326 g/mol. The van der Waals surface area contributed by atoms with Gasteiger partial charge in [0, 0.05) is 19.3 Å². The number of hydrogen-bond acceptors (Lipinski definition) is 5. The molecule has 1 aromatic carbocycles. The van der Waals surface area contributed by atoms with Gasteiger partial charge in [0.2, 0.25) is 5.95 Å². The lowest BCUT2D eigenvalue weighted by atomic mass is 10.1. The number of nitrogens with zero attached hydrogens (tertiary/aromatic N) is 3. The average Bonchev–Trinajstić information content (AvgIpc) is 2.62. The van der Waals surface area contributed by atoms with E-state index >= 15 is 0 Å². The fourth-order valence-corrected chi connectivity index (χ4v) is 2.86. The SMILES string of the molecule is COc1ccccc1NC(=O)c1cnc(N2CCCCC2)nc1C. The molecule has 0 aliphatic carbocycles. The lowest BCUT2D eigenvalue weighted by molar-refractivity contribution is 0.102. The van der Waals surface area contributed by atoms with E-state index in [-0.39, 0.29) is 5.91 Å². The summed E-state index contributed by atoms with van der Waals surface area (Å²) in [5.41, 5.74) is 1.78. The first-order valence-electron chi connectivity index (χ1n) is 8.22. The molecule has 1 aliphatic rings. The van der Waals surface area contributed by atoms with Crippen LogP contribution in [0.2, 0.25) is 0 Å². The van der Waals surface area contributed by atoms with Crippen molar-refractivity contribution in [2.24, 2.45) is 0 Å². The van der Waals surface area contributed by atoms with Crippen LogP contribution in [0.5, 0.6) is 5.75 Å². The van der Waals surface area contributed by atoms with Crippen LogP contribution in [0.15, 0.2) is 30.5 Å². The van der Waals surface area contributed by atoms with Gasteiger partial charge < -0.3 is 15.0 Å². The molecule has 2 heterocycles. The molecule has 1 saturated heterocycles. The summed E-state index contributed by atoms with van der Waals surface area (Å²) in [5, 5.41) is 2.86. The van der Waals surface area contributed by atoms with Gasteiger partial charge in [-0.15, -0.1) is 0 Å². The lowest BCUT2D eigenvalue weighted by Gasteiger charge is -2.26. The van der Waals surface area contributed by atoms with Crippen molar-refractivity contribution in [3.8, 4) is 5.75 Å². The van der Waals surface area contributed by atoms with Crippen molar-refractivity contribution in [3.05, 3.63) is 41.7 Å². The number of piperidine rings is 1. The molecule has 6 nitrogen and oxygen atoms in total. The molecule has 1 aliphatic heterocycles. The summed E-state index contributed by atoms with van der Waals surface area (Å²) in [6.07, 6.45) is 5.20. The largest absolute Gasteiger partial charge is 0.495 e. The van der Waals surface area contributed by atoms with Crippen LogP contribution in [0.3, 0.4) is 0 Å². The zero-order valence-electron chi connectivity index (χ0n) is 14.1. The van der Waals surface area contributed by atoms with Gasteiger partial charge in [0.1, 0.15) is 5.75 Å². The number of nitrogens with one attached hydrogen (secondary N) is 1. The maximum absolute atomic E-state index is 12.5. The van der Waals surface area contributed by atoms with E-state index < -0.39 is 0 Å². The number of carbonyl (C=O) groups excluding carboxylic acids is 1. The Morgan fingerprint density at radius 2 is 1.96 bits per heavy atom. The third-order valence-corrected chi connectivity index (χ3v) is 4.21. The molecule has 1 amide bonds. The van der Waals surface area contributed by atoms with Crippen molar-refractivity contribution in [2.45, 2.75) is 26.2 Å². The Kier molecular flexibility index (Phi) is 4.93. The summed E-state index contributed by atoms with van der Waals surface area (Å²) < 4.78 is 5.26. The minimum atomic E-state index is -0.234. The van der Waals surface area contributed by atoms with Gasteiger partial charge in [0.15, 0.2) is 0 Å². The van der Waals surface area contributed by atoms with E-state index in [1.807, 2.05) is 19.1 Å². The zero-order valence-corrected chi connectivity index (χ0v) is 14.1. The van der Waals surface area contributed by atoms with Crippen LogP contribution in [-0.2, 0) is 0 Å². The predicted molar refractivity (Wildman–Crippen MR) is 93.8 cm³/mol. The van der Waals surface area contributed by atoms with Crippen molar-refractivity contribution < 1.29 is 9.53 Å². The van der Waals surface area contributed by atoms with Gasteiger partial charge >= 0.3 is 0 Å². The van der Waals surface area contributed by atoms with E-state index in [2.05, 4.69) is 20.2 Å². The summed E-state index contributed by atoms with van der Waals surface area (Å²) in [5.74, 6) is 1.09. The molecule has 126 valence electrons. The molecule has 0 atom stereocenters. The Morgan fingerprint density at radius 3 is 2.67 bits per heavy atom. The third-order valence-electron chi connectivity index (χ3n) is 4.21. The summed E-state index contributed by atoms with van der Waals surface area (Å²) in [6.45, 7) is 3.80. The van der Waals surface area contributed by atoms with E-state index in [0.29, 0.717) is 28.6 Å². The van der Waals surface area contributed by atoms with Crippen molar-refractivity contribution >= 4 is 17.5 Å². The van der Waals surface area contributed by atoms with Crippen LogP contribution in [0, 0.1) is 6.92 Å². The normalized spacial score (nSPS) is 14.3. The minimum Gasteiger partial charge on any atom is -0.495 e. The Bertz CT molecular complexity index is 727. The summed E-state index contributed by atoms with van der Waals surface area (Å²) in [7, 11) is 1.58. The molecule has 0 unspecified atom stereocenters. The highest BCUT2D eigenvalue weighted by atomic mass is 16.5. The molecule has 1 N–H and O–H groups in total. The van der Waals surface area contributed by atoms with E-state index in [1.165, 1.54) is 19.3 Å². The van der Waals surface area contributed by atoms with Crippen molar-refractivity contribution in [3.63, 3.8) is 0 Å². The first-order chi connectivity index (χ1) is 11.7. The number of rotatable bonds is 4. The highest BCUT2D eigenvalue weighted by Gasteiger charge is 2.17.